The molecule has 0 bridgehead atoms. The average Bonchev–Trinajstić information content (AvgIpc) is 3.63. The first-order chi connectivity index (χ1) is 18.9. The zero-order valence-electron chi connectivity index (χ0n) is 21.4. The highest BCUT2D eigenvalue weighted by atomic mass is 35.5. The second kappa shape index (κ2) is 10.7. The number of anilines is 2. The lowest BCUT2D eigenvalue weighted by atomic mass is 10.1. The molecular formula is C26H28ClFN4O6S. The molecule has 3 aliphatic rings. The number of nitrogens with one attached hydrogen (secondary N) is 1. The van der Waals surface area contributed by atoms with Gasteiger partial charge in [-0.15, -0.1) is 0 Å². The van der Waals surface area contributed by atoms with Gasteiger partial charge in [-0.2, -0.15) is 4.36 Å². The molecule has 3 fully saturated rings. The molecule has 0 spiro atoms. The van der Waals surface area contributed by atoms with Crippen LogP contribution in [0.25, 0.3) is 10.9 Å². The standard InChI is InChI=1S/C26H28ClFN4O6S/c1-34-19-11-36-25-20(12-37-24(19)25)38-18-9-14(28)5-6-15(18)31-26-21-16(29-13-30-26)10-17(23(35-2)22(21)27)32-39(33)7-3-4-8-39/h5-6,9-10,13,19-20,24-25H,3-4,7-8,11-12H2,1-2H3,(H,29,30,31)/t19-,20-,24-,25-/m1/s1. The maximum Gasteiger partial charge on any atom is 0.164 e. The average molecular weight is 579 g/mol. The highest BCUT2D eigenvalue weighted by Crippen LogP contribution is 2.44. The fourth-order valence-corrected chi connectivity index (χ4v) is 7.80. The molecule has 0 saturated carbocycles. The quantitative estimate of drug-likeness (QED) is 0.429. The van der Waals surface area contributed by atoms with Gasteiger partial charge in [0.05, 0.1) is 51.7 Å². The summed E-state index contributed by atoms with van der Waals surface area (Å²) in [4.78, 5) is 8.76. The van der Waals surface area contributed by atoms with E-state index in [9.17, 15) is 8.60 Å². The minimum atomic E-state index is -2.37. The number of ether oxygens (including phenoxy) is 5. The van der Waals surface area contributed by atoms with Crippen molar-refractivity contribution in [2.75, 3.05) is 44.3 Å². The van der Waals surface area contributed by atoms with Gasteiger partial charge in [-0.25, -0.2) is 18.6 Å². The summed E-state index contributed by atoms with van der Waals surface area (Å²) in [7, 11) is 0.721. The number of rotatable bonds is 7. The first-order valence-electron chi connectivity index (χ1n) is 12.6. The summed E-state index contributed by atoms with van der Waals surface area (Å²) >= 11 is 6.81. The van der Waals surface area contributed by atoms with Crippen LogP contribution in [0, 0.1) is 5.82 Å². The van der Waals surface area contributed by atoms with E-state index >= 15 is 0 Å². The number of benzene rings is 2. The van der Waals surface area contributed by atoms with Gasteiger partial charge in [0.15, 0.2) is 11.9 Å². The van der Waals surface area contributed by atoms with Gasteiger partial charge in [-0.1, -0.05) is 11.6 Å². The lowest BCUT2D eigenvalue weighted by molar-refractivity contribution is -0.0138. The van der Waals surface area contributed by atoms with Crippen molar-refractivity contribution in [2.45, 2.75) is 37.3 Å². The second-order valence-corrected chi connectivity index (χ2v) is 12.6. The Labute approximate surface area is 230 Å². The molecule has 3 saturated heterocycles. The van der Waals surface area contributed by atoms with Crippen molar-refractivity contribution < 1.29 is 32.3 Å². The van der Waals surface area contributed by atoms with Crippen LogP contribution in [-0.4, -0.2) is 77.5 Å². The summed E-state index contributed by atoms with van der Waals surface area (Å²) in [6.07, 6.45) is 1.91. The number of fused-ring (bicyclic) bond motifs is 2. The van der Waals surface area contributed by atoms with Crippen molar-refractivity contribution >= 4 is 49.4 Å². The fourth-order valence-electron chi connectivity index (χ4n) is 5.25. The third kappa shape index (κ3) is 5.00. The van der Waals surface area contributed by atoms with Gasteiger partial charge < -0.3 is 29.0 Å². The van der Waals surface area contributed by atoms with Gasteiger partial charge in [-0.3, -0.25) is 0 Å². The van der Waals surface area contributed by atoms with Crippen LogP contribution in [0.3, 0.4) is 0 Å². The Morgan fingerprint density at radius 1 is 1.10 bits per heavy atom. The van der Waals surface area contributed by atoms with Crippen molar-refractivity contribution in [2.24, 2.45) is 4.36 Å². The van der Waals surface area contributed by atoms with Crippen LogP contribution in [0.5, 0.6) is 11.5 Å². The van der Waals surface area contributed by atoms with Crippen LogP contribution >= 0.6 is 11.6 Å². The molecule has 6 rings (SSSR count). The molecular weight excluding hydrogens is 551 g/mol. The fraction of sp³-hybridized carbons (Fsp3) is 0.462. The number of aromatic nitrogens is 2. The maximum atomic E-state index is 14.3. The van der Waals surface area contributed by atoms with Crippen molar-refractivity contribution in [3.05, 3.63) is 41.4 Å². The smallest absolute Gasteiger partial charge is 0.164 e. The summed E-state index contributed by atoms with van der Waals surface area (Å²) in [5.41, 5.74) is 1.33. The van der Waals surface area contributed by atoms with Gasteiger partial charge in [0, 0.05) is 24.7 Å². The minimum Gasteiger partial charge on any atom is -0.493 e. The predicted octanol–water partition coefficient (Wildman–Crippen LogP) is 4.63. The highest BCUT2D eigenvalue weighted by molar-refractivity contribution is 7.93. The van der Waals surface area contributed by atoms with Gasteiger partial charge in [0.2, 0.25) is 0 Å². The van der Waals surface area contributed by atoms with E-state index in [1.54, 1.807) is 19.2 Å². The minimum absolute atomic E-state index is 0.179. The van der Waals surface area contributed by atoms with Gasteiger partial charge in [0.25, 0.3) is 0 Å². The van der Waals surface area contributed by atoms with E-state index in [1.807, 2.05) is 0 Å². The largest absolute Gasteiger partial charge is 0.493 e. The summed E-state index contributed by atoms with van der Waals surface area (Å²) in [5, 5.41) is 3.90. The van der Waals surface area contributed by atoms with Crippen LogP contribution < -0.4 is 14.8 Å². The third-order valence-electron chi connectivity index (χ3n) is 7.19. The van der Waals surface area contributed by atoms with E-state index in [2.05, 4.69) is 19.6 Å². The Morgan fingerprint density at radius 3 is 2.59 bits per heavy atom. The van der Waals surface area contributed by atoms with Crippen LogP contribution in [0.1, 0.15) is 12.8 Å². The molecule has 4 heterocycles. The van der Waals surface area contributed by atoms with Crippen molar-refractivity contribution in [1.82, 2.24) is 9.97 Å². The van der Waals surface area contributed by atoms with Crippen LogP contribution in [0.4, 0.5) is 21.6 Å². The van der Waals surface area contributed by atoms with Gasteiger partial charge >= 0.3 is 0 Å². The Bertz CT molecular complexity index is 1520. The highest BCUT2D eigenvalue weighted by Gasteiger charge is 2.49. The summed E-state index contributed by atoms with van der Waals surface area (Å²) in [5.74, 6) is 1.52. The van der Waals surface area contributed by atoms with Crippen LogP contribution in [0.15, 0.2) is 35.0 Å². The van der Waals surface area contributed by atoms with E-state index in [0.29, 0.717) is 46.2 Å². The number of hydrogen-bond acceptors (Lipinski definition) is 10. The monoisotopic (exact) mass is 578 g/mol. The van der Waals surface area contributed by atoms with Crippen molar-refractivity contribution in [3.8, 4) is 11.5 Å². The van der Waals surface area contributed by atoms with Gasteiger partial charge in [-0.05, 0) is 31.0 Å². The Hall–Kier alpha value is -2.77. The van der Waals surface area contributed by atoms with E-state index < -0.39 is 21.7 Å². The molecule has 13 heteroatoms. The normalized spacial score (nSPS) is 25.5. The first-order valence-corrected chi connectivity index (χ1v) is 14.8. The second-order valence-electron chi connectivity index (χ2n) is 9.63. The molecule has 10 nitrogen and oxygen atoms in total. The molecule has 0 unspecified atom stereocenters. The zero-order valence-corrected chi connectivity index (χ0v) is 23.0. The molecule has 208 valence electrons. The topological polar surface area (TPSA) is 113 Å². The van der Waals surface area contributed by atoms with Crippen molar-refractivity contribution in [3.63, 3.8) is 0 Å². The van der Waals surface area contributed by atoms with Crippen LogP contribution in [0.2, 0.25) is 5.02 Å². The number of hydrogen-bond donors (Lipinski definition) is 1. The molecule has 3 aromatic rings. The molecule has 1 aromatic heterocycles. The number of nitrogens with zero attached hydrogens (tertiary/aromatic N) is 3. The lowest BCUT2D eigenvalue weighted by Gasteiger charge is -2.21. The number of methoxy groups -OCH3 is 2. The number of halogens is 2. The summed E-state index contributed by atoms with van der Waals surface area (Å²) < 4.78 is 60.9. The molecule has 3 aliphatic heterocycles. The molecule has 1 N–H and O–H groups in total. The molecule has 39 heavy (non-hydrogen) atoms. The first kappa shape index (κ1) is 26.5. The Morgan fingerprint density at radius 2 is 1.85 bits per heavy atom. The van der Waals surface area contributed by atoms with Crippen molar-refractivity contribution in [1.29, 1.82) is 0 Å². The van der Waals surface area contributed by atoms with E-state index in [0.717, 1.165) is 12.8 Å². The summed E-state index contributed by atoms with van der Waals surface area (Å²) in [6, 6.07) is 5.86. The van der Waals surface area contributed by atoms with E-state index in [4.69, 9.17) is 35.3 Å². The lowest BCUT2D eigenvalue weighted by Crippen LogP contribution is -2.35. The Kier molecular flexibility index (Phi) is 7.23. The molecule has 0 radical (unpaired) electrons. The Balaban J connectivity index is 1.35. The zero-order chi connectivity index (χ0) is 27.1. The molecule has 0 amide bonds. The molecule has 4 atom stereocenters. The predicted molar refractivity (Wildman–Crippen MR) is 145 cm³/mol. The SMILES string of the molecule is COc1c(N=S2(=O)CCCC2)cc2ncnc(Nc3ccc(F)cc3O[C@@H]3CO[C@H]4[C@@H]3OC[C@H]4OC)c2c1Cl. The third-order valence-corrected chi connectivity index (χ3v) is 9.93. The summed E-state index contributed by atoms with van der Waals surface area (Å²) in [6.45, 7) is 0.677. The van der Waals surface area contributed by atoms with Crippen LogP contribution in [-0.2, 0) is 23.9 Å². The van der Waals surface area contributed by atoms with E-state index in [1.165, 1.54) is 25.6 Å². The molecule has 0 aliphatic carbocycles. The van der Waals surface area contributed by atoms with Gasteiger partial charge in [0.1, 0.15) is 47.7 Å². The van der Waals surface area contributed by atoms with E-state index in [-0.39, 0.29) is 41.4 Å². The maximum absolute atomic E-state index is 14.3. The molecule has 2 aromatic carbocycles.